The minimum absolute atomic E-state index is 0.593. The van der Waals surface area contributed by atoms with E-state index in [9.17, 15) is 0 Å². The minimum Gasteiger partial charge on any atom is -0.261 e. The van der Waals surface area contributed by atoms with Gasteiger partial charge in [-0.2, -0.15) is 0 Å². The number of hydrogen-bond acceptors (Lipinski definition) is 1. The van der Waals surface area contributed by atoms with E-state index in [1.165, 1.54) is 11.3 Å². The van der Waals surface area contributed by atoms with Gasteiger partial charge in [-0.25, -0.2) is 0 Å². The maximum absolute atomic E-state index is 4.35. The number of aryl methyl sites for hydroxylation is 1. The van der Waals surface area contributed by atoms with Gasteiger partial charge in [0.15, 0.2) is 0 Å². The Balaban J connectivity index is 0.000000671. The molecule has 0 N–H and O–H groups in total. The zero-order valence-electron chi connectivity index (χ0n) is 9.46. The molecule has 1 nitrogen and oxygen atoms in total. The molecule has 1 unspecified atom stereocenters. The molecule has 0 aromatic carbocycles. The van der Waals surface area contributed by atoms with Crippen LogP contribution in [0.4, 0.5) is 0 Å². The van der Waals surface area contributed by atoms with E-state index in [0.29, 0.717) is 5.92 Å². The van der Waals surface area contributed by atoms with E-state index in [-0.39, 0.29) is 0 Å². The highest BCUT2D eigenvalue weighted by Gasteiger charge is 2.01. The van der Waals surface area contributed by atoms with Gasteiger partial charge in [-0.05, 0) is 30.9 Å². The molecule has 1 atom stereocenters. The Kier molecular flexibility index (Phi) is 6.21. The topological polar surface area (TPSA) is 12.9 Å². The van der Waals surface area contributed by atoms with E-state index in [1.54, 1.807) is 0 Å². The van der Waals surface area contributed by atoms with Crippen molar-refractivity contribution in [2.24, 2.45) is 0 Å². The molecule has 0 aliphatic heterocycles. The third-order valence-electron chi connectivity index (χ3n) is 2.05. The Morgan fingerprint density at radius 2 is 1.92 bits per heavy atom. The van der Waals surface area contributed by atoms with E-state index in [2.05, 4.69) is 37.9 Å². The number of pyridine rings is 1. The van der Waals surface area contributed by atoms with Crippen LogP contribution in [0.1, 0.15) is 51.3 Å². The number of hydrogen-bond donors (Lipinski definition) is 0. The van der Waals surface area contributed by atoms with E-state index >= 15 is 0 Å². The van der Waals surface area contributed by atoms with E-state index in [1.807, 2.05) is 20.0 Å². The molecule has 0 spiro atoms. The lowest BCUT2D eigenvalue weighted by Gasteiger charge is -2.06. The highest BCUT2D eigenvalue weighted by atomic mass is 14.7. The molecule has 1 aromatic rings. The molecule has 1 rings (SSSR count). The summed E-state index contributed by atoms with van der Waals surface area (Å²) in [6, 6.07) is 4.23. The van der Waals surface area contributed by atoms with Gasteiger partial charge in [0.05, 0.1) is 0 Å². The molecule has 0 bridgehead atoms. The Bertz CT molecular complexity index is 213. The van der Waals surface area contributed by atoms with Crippen LogP contribution < -0.4 is 0 Å². The van der Waals surface area contributed by atoms with Crippen molar-refractivity contribution in [1.82, 2.24) is 4.98 Å². The fourth-order valence-corrected chi connectivity index (χ4v) is 0.980. The smallest absolute Gasteiger partial charge is 0.0431 e. The summed E-state index contributed by atoms with van der Waals surface area (Å²) in [5.41, 5.74) is 2.44. The molecule has 1 heteroatoms. The van der Waals surface area contributed by atoms with Crippen LogP contribution in [-0.4, -0.2) is 4.98 Å². The van der Waals surface area contributed by atoms with Crippen molar-refractivity contribution in [3.63, 3.8) is 0 Å². The summed E-state index contributed by atoms with van der Waals surface area (Å²) in [5, 5.41) is 0. The van der Waals surface area contributed by atoms with Gasteiger partial charge >= 0.3 is 0 Å². The molecule has 13 heavy (non-hydrogen) atoms. The Morgan fingerprint density at radius 3 is 2.31 bits per heavy atom. The predicted molar refractivity (Wildman–Crippen MR) is 59.0 cm³/mol. The zero-order chi connectivity index (χ0) is 10.3. The highest BCUT2D eigenvalue weighted by molar-refractivity contribution is 5.14. The molecular weight excluding hydrogens is 158 g/mol. The van der Waals surface area contributed by atoms with Gasteiger partial charge in [-0.1, -0.05) is 33.8 Å². The molecule has 0 radical (unpaired) electrons. The monoisotopic (exact) mass is 179 g/mol. The van der Waals surface area contributed by atoms with Crippen LogP contribution >= 0.6 is 0 Å². The second-order valence-electron chi connectivity index (χ2n) is 3.07. The lowest BCUT2D eigenvalue weighted by atomic mass is 10.0. The first kappa shape index (κ1) is 12.2. The summed E-state index contributed by atoms with van der Waals surface area (Å²) < 4.78 is 0. The molecular formula is C12H21N. The van der Waals surface area contributed by atoms with Crippen molar-refractivity contribution in [2.45, 2.75) is 47.0 Å². The second-order valence-corrected chi connectivity index (χ2v) is 3.07. The van der Waals surface area contributed by atoms with Crippen LogP contribution in [0.5, 0.6) is 0 Å². The lowest BCUT2D eigenvalue weighted by Crippen LogP contribution is -1.94. The van der Waals surface area contributed by atoms with Gasteiger partial charge in [0, 0.05) is 11.9 Å². The third-order valence-corrected chi connectivity index (χ3v) is 2.05. The maximum Gasteiger partial charge on any atom is 0.0431 e. The average Bonchev–Trinajstić information content (AvgIpc) is 2.21. The van der Waals surface area contributed by atoms with Crippen LogP contribution in [-0.2, 0) is 0 Å². The van der Waals surface area contributed by atoms with Crippen LogP contribution in [0.3, 0.4) is 0 Å². The van der Waals surface area contributed by atoms with Gasteiger partial charge in [0.1, 0.15) is 0 Å². The van der Waals surface area contributed by atoms with E-state index in [4.69, 9.17) is 0 Å². The van der Waals surface area contributed by atoms with Crippen molar-refractivity contribution in [2.75, 3.05) is 0 Å². The van der Waals surface area contributed by atoms with Gasteiger partial charge in [-0.3, -0.25) is 4.98 Å². The zero-order valence-corrected chi connectivity index (χ0v) is 9.46. The van der Waals surface area contributed by atoms with E-state index in [0.717, 1.165) is 6.42 Å². The molecule has 1 aromatic heterocycles. The summed E-state index contributed by atoms with van der Waals surface area (Å²) in [4.78, 5) is 4.35. The Hall–Kier alpha value is -0.850. The van der Waals surface area contributed by atoms with E-state index < -0.39 is 0 Å². The normalized spacial score (nSPS) is 11.5. The first-order chi connectivity index (χ1) is 6.24. The predicted octanol–water partition coefficient (Wildman–Crippen LogP) is 3.93. The Labute approximate surface area is 82.2 Å². The lowest BCUT2D eigenvalue weighted by molar-refractivity contribution is 0.707. The molecule has 74 valence electrons. The number of nitrogens with zero attached hydrogens (tertiary/aromatic N) is 1. The molecule has 0 saturated heterocycles. The van der Waals surface area contributed by atoms with Gasteiger partial charge in [0.2, 0.25) is 0 Å². The Morgan fingerprint density at radius 1 is 1.31 bits per heavy atom. The molecule has 1 heterocycles. The third kappa shape index (κ3) is 4.07. The van der Waals surface area contributed by atoms with Crippen LogP contribution in [0.25, 0.3) is 0 Å². The summed E-state index contributed by atoms with van der Waals surface area (Å²) in [6.07, 6.45) is 3.09. The van der Waals surface area contributed by atoms with Crippen molar-refractivity contribution in [3.8, 4) is 0 Å². The SMILES string of the molecule is CC.CCC(C)c1ccc(C)cn1. The van der Waals surface area contributed by atoms with Crippen molar-refractivity contribution in [1.29, 1.82) is 0 Å². The first-order valence-electron chi connectivity index (χ1n) is 5.16. The minimum atomic E-state index is 0.593. The molecule has 0 aliphatic carbocycles. The van der Waals surface area contributed by atoms with Crippen molar-refractivity contribution in [3.05, 3.63) is 29.6 Å². The first-order valence-corrected chi connectivity index (χ1v) is 5.16. The maximum atomic E-state index is 4.35. The van der Waals surface area contributed by atoms with Crippen LogP contribution in [0, 0.1) is 6.92 Å². The van der Waals surface area contributed by atoms with Crippen molar-refractivity contribution >= 4 is 0 Å². The molecule has 0 fully saturated rings. The van der Waals surface area contributed by atoms with Gasteiger partial charge in [0.25, 0.3) is 0 Å². The molecule has 0 saturated carbocycles. The largest absolute Gasteiger partial charge is 0.261 e. The van der Waals surface area contributed by atoms with Gasteiger partial charge in [-0.15, -0.1) is 0 Å². The van der Waals surface area contributed by atoms with Crippen LogP contribution in [0.2, 0.25) is 0 Å². The summed E-state index contributed by atoms with van der Waals surface area (Å²) in [6.45, 7) is 10.5. The second kappa shape index (κ2) is 6.64. The summed E-state index contributed by atoms with van der Waals surface area (Å²) in [7, 11) is 0. The molecule has 0 aliphatic rings. The van der Waals surface area contributed by atoms with Crippen molar-refractivity contribution < 1.29 is 0 Å². The fraction of sp³-hybridized carbons (Fsp3) is 0.583. The average molecular weight is 179 g/mol. The quantitative estimate of drug-likeness (QED) is 0.670. The number of aromatic nitrogens is 1. The van der Waals surface area contributed by atoms with Crippen LogP contribution in [0.15, 0.2) is 18.3 Å². The summed E-state index contributed by atoms with van der Waals surface area (Å²) >= 11 is 0. The standard InChI is InChI=1S/C10H15N.C2H6/c1-4-9(3)10-6-5-8(2)7-11-10;1-2/h5-7,9H,4H2,1-3H3;1-2H3. The molecule has 0 amide bonds. The summed E-state index contributed by atoms with van der Waals surface area (Å²) in [5.74, 6) is 0.593. The van der Waals surface area contributed by atoms with Gasteiger partial charge < -0.3 is 0 Å². The number of rotatable bonds is 2. The highest BCUT2D eigenvalue weighted by Crippen LogP contribution is 2.15. The fourth-order valence-electron chi connectivity index (χ4n) is 0.980.